The van der Waals surface area contributed by atoms with Gasteiger partial charge in [-0.05, 0) is 6.92 Å². The molecule has 2 nitrogen and oxygen atoms in total. The zero-order chi connectivity index (χ0) is 18.6. The van der Waals surface area contributed by atoms with E-state index < -0.39 is 5.97 Å². The van der Waals surface area contributed by atoms with Gasteiger partial charge in [-0.1, -0.05) is 0 Å². The van der Waals surface area contributed by atoms with Crippen molar-refractivity contribution in [3.63, 3.8) is 0 Å². The number of hydrogen-bond acceptors (Lipinski definition) is 2. The summed E-state index contributed by atoms with van der Waals surface area (Å²) in [5.41, 5.74) is 2.70. The maximum absolute atomic E-state index is 8.89. The second kappa shape index (κ2) is 13.9. The van der Waals surface area contributed by atoms with E-state index in [0.717, 1.165) is 17.6 Å². The fourth-order valence-corrected chi connectivity index (χ4v) is 5.62. The van der Waals surface area contributed by atoms with Gasteiger partial charge in [0, 0.05) is 5.97 Å². The summed E-state index contributed by atoms with van der Waals surface area (Å²) >= 11 is 1.00. The normalized spacial score (nSPS) is 9.52. The molecule has 0 saturated heterocycles. The van der Waals surface area contributed by atoms with Crippen LogP contribution in [-0.2, 0) is 35.9 Å². The van der Waals surface area contributed by atoms with Crippen LogP contribution in [0.25, 0.3) is 0 Å². The minimum atomic E-state index is -1.08. The van der Waals surface area contributed by atoms with E-state index in [4.69, 9.17) is 9.90 Å². The topological polar surface area (TPSA) is 40.1 Å². The van der Waals surface area contributed by atoms with Gasteiger partial charge in [0.25, 0.3) is 0 Å². The molecule has 27 heavy (non-hydrogen) atoms. The van der Waals surface area contributed by atoms with Crippen molar-refractivity contribution < 1.29 is 30.3 Å². The molecule has 0 bridgehead atoms. The summed E-state index contributed by atoms with van der Waals surface area (Å²) in [5.74, 6) is -1.08. The molecule has 0 amide bonds. The molecule has 3 rings (SSSR count). The Balaban J connectivity index is 0.000000666. The van der Waals surface area contributed by atoms with Gasteiger partial charge < -0.3 is 9.90 Å². The van der Waals surface area contributed by atoms with Gasteiger partial charge in [0.1, 0.15) is 0 Å². The molecule has 0 radical (unpaired) electrons. The molecule has 142 valence electrons. The van der Waals surface area contributed by atoms with Crippen molar-refractivity contribution in [2.45, 2.75) is 17.6 Å². The van der Waals surface area contributed by atoms with E-state index >= 15 is 0 Å². The van der Waals surface area contributed by atoms with Crippen LogP contribution in [0.5, 0.6) is 0 Å². The first-order valence-corrected chi connectivity index (χ1v) is 12.3. The Hall–Kier alpha value is -1.17. The number of carbonyl (C=O) groups is 1. The van der Waals surface area contributed by atoms with Crippen LogP contribution in [0.3, 0.4) is 0 Å². The van der Waals surface area contributed by atoms with Crippen LogP contribution >= 0.6 is 0 Å². The maximum atomic E-state index is 8.89. The SMILES string of the molecule is CC(=O)[O-].[Pd+2].[c-]1c(C[Se]c2ccccc2)cccc1C[Se]c1ccccc1. The van der Waals surface area contributed by atoms with Crippen LogP contribution in [0.4, 0.5) is 0 Å². The minimum absolute atomic E-state index is 0. The fourth-order valence-electron chi connectivity index (χ4n) is 2.09. The third-order valence-corrected chi connectivity index (χ3v) is 7.64. The Morgan fingerprint density at radius 3 is 1.52 bits per heavy atom. The van der Waals surface area contributed by atoms with Crippen molar-refractivity contribution in [1.29, 1.82) is 0 Å². The van der Waals surface area contributed by atoms with Crippen molar-refractivity contribution in [2.75, 3.05) is 0 Å². The van der Waals surface area contributed by atoms with Crippen molar-refractivity contribution in [2.24, 2.45) is 0 Å². The molecule has 0 fully saturated rings. The quantitative estimate of drug-likeness (QED) is 0.326. The van der Waals surface area contributed by atoms with Crippen LogP contribution in [0.15, 0.2) is 78.9 Å². The number of aliphatic carboxylic acids is 1. The fraction of sp³-hybridized carbons (Fsp3) is 0.136. The number of carbonyl (C=O) groups excluding carboxylic acids is 1. The molecular weight excluding hydrogens is 561 g/mol. The van der Waals surface area contributed by atoms with Crippen molar-refractivity contribution in [3.8, 4) is 0 Å². The molecule has 3 aromatic carbocycles. The van der Waals surface area contributed by atoms with Gasteiger partial charge in [0.05, 0.1) is 0 Å². The van der Waals surface area contributed by atoms with E-state index in [0.29, 0.717) is 29.9 Å². The predicted molar refractivity (Wildman–Crippen MR) is 107 cm³/mol. The van der Waals surface area contributed by atoms with E-state index in [1.54, 1.807) is 0 Å². The average Bonchev–Trinajstić information content (AvgIpc) is 2.66. The first-order chi connectivity index (χ1) is 12.6. The Morgan fingerprint density at radius 2 is 1.15 bits per heavy atom. The Morgan fingerprint density at radius 1 is 0.778 bits per heavy atom. The number of carboxylic acids is 1. The van der Waals surface area contributed by atoms with Gasteiger partial charge in [-0.2, -0.15) is 0 Å². The zero-order valence-electron chi connectivity index (χ0n) is 14.9. The molecule has 0 spiro atoms. The van der Waals surface area contributed by atoms with Gasteiger partial charge in [0.15, 0.2) is 0 Å². The molecule has 5 heteroatoms. The summed E-state index contributed by atoms with van der Waals surface area (Å²) in [5, 5.41) is 11.1. The van der Waals surface area contributed by atoms with E-state index in [9.17, 15) is 0 Å². The summed E-state index contributed by atoms with van der Waals surface area (Å²) in [7, 11) is 0. The number of carboxylic acid groups (broad SMARTS) is 1. The van der Waals surface area contributed by atoms with E-state index in [1.165, 1.54) is 20.1 Å². The van der Waals surface area contributed by atoms with E-state index in [-0.39, 0.29) is 20.4 Å². The molecule has 0 N–H and O–H groups in total. The molecule has 0 unspecified atom stereocenters. The second-order valence-corrected chi connectivity index (χ2v) is 9.80. The molecule has 0 aliphatic heterocycles. The van der Waals surface area contributed by atoms with Gasteiger partial charge in [-0.25, -0.2) is 0 Å². The van der Waals surface area contributed by atoms with E-state index in [1.807, 2.05) is 0 Å². The van der Waals surface area contributed by atoms with Gasteiger partial charge in [0.2, 0.25) is 0 Å². The zero-order valence-corrected chi connectivity index (χ0v) is 19.8. The third-order valence-electron chi connectivity index (χ3n) is 3.19. The Bertz CT molecular complexity index is 733. The van der Waals surface area contributed by atoms with Crippen LogP contribution in [-0.4, -0.2) is 35.9 Å². The number of benzene rings is 3. The van der Waals surface area contributed by atoms with Crippen molar-refractivity contribution in [3.05, 3.63) is 96.1 Å². The molecule has 0 atom stereocenters. The number of hydrogen-bond donors (Lipinski definition) is 0. The first-order valence-electron chi connectivity index (χ1n) is 8.17. The van der Waals surface area contributed by atoms with E-state index in [2.05, 4.69) is 84.9 Å². The molecular formula is C22H20O2PdSe2. The molecule has 0 heterocycles. The summed E-state index contributed by atoms with van der Waals surface area (Å²) in [6.07, 6.45) is 0. The van der Waals surface area contributed by atoms with Gasteiger partial charge in [-0.3, -0.25) is 0 Å². The molecule has 0 saturated carbocycles. The van der Waals surface area contributed by atoms with Gasteiger partial charge in [-0.15, -0.1) is 0 Å². The Kier molecular flexibility index (Phi) is 12.3. The molecule has 3 aromatic rings. The van der Waals surface area contributed by atoms with Crippen LogP contribution < -0.4 is 14.0 Å². The number of rotatable bonds is 6. The standard InChI is InChI=1S/C20H17Se2.C2H4O2.Pd/c1-3-10-19(11-4-1)21-15-17-8-7-9-18(14-17)16-22-20-12-5-2-6-13-20;1-2(3)4;/h1-13H,15-16H2;1H3,(H,3,4);/q-1;;+2/p-1. The third kappa shape index (κ3) is 10.7. The summed E-state index contributed by atoms with van der Waals surface area (Å²) < 4.78 is 2.92. The monoisotopic (exact) mass is 582 g/mol. The molecule has 0 aromatic heterocycles. The summed E-state index contributed by atoms with van der Waals surface area (Å²) in [6.45, 7) is 0.972. The van der Waals surface area contributed by atoms with Crippen LogP contribution in [0.2, 0.25) is 0 Å². The van der Waals surface area contributed by atoms with Gasteiger partial charge >= 0.3 is 166 Å². The second-order valence-electron chi connectivity index (χ2n) is 5.40. The molecule has 0 aliphatic rings. The van der Waals surface area contributed by atoms with Crippen molar-refractivity contribution >= 4 is 44.8 Å². The first kappa shape index (κ1) is 23.9. The Labute approximate surface area is 187 Å². The summed E-state index contributed by atoms with van der Waals surface area (Å²) in [6, 6.07) is 31.8. The average molecular weight is 581 g/mol. The molecule has 0 aliphatic carbocycles. The van der Waals surface area contributed by atoms with Crippen LogP contribution in [0, 0.1) is 6.07 Å². The summed E-state index contributed by atoms with van der Waals surface area (Å²) in [4.78, 5) is 8.89. The predicted octanol–water partition coefficient (Wildman–Crippen LogP) is 1.30. The van der Waals surface area contributed by atoms with Crippen LogP contribution in [0.1, 0.15) is 18.1 Å². The van der Waals surface area contributed by atoms with Crippen molar-refractivity contribution in [1.82, 2.24) is 0 Å².